The van der Waals surface area contributed by atoms with Crippen LogP contribution in [0.25, 0.3) is 0 Å². The standard InChI is InChI=1S/C29H35ClF3N3O4/c1-34(17-18-37)26(38)24-8-7-23(19-25(24)30)35-13-9-20(10-14-35)21-11-15-36(16-12-21)27(39)28(40,29(31,32)33)22-5-3-2-4-6-22/h2-8,19-21,37,40H,9-18H2,1H3/t28-/m1/s1. The third-order valence-corrected chi connectivity index (χ3v) is 8.59. The zero-order valence-electron chi connectivity index (χ0n) is 22.4. The molecule has 2 heterocycles. The van der Waals surface area contributed by atoms with E-state index in [9.17, 15) is 27.9 Å². The van der Waals surface area contributed by atoms with Crippen molar-refractivity contribution < 1.29 is 33.0 Å². The predicted molar refractivity (Wildman–Crippen MR) is 146 cm³/mol. The minimum Gasteiger partial charge on any atom is -0.395 e. The lowest BCUT2D eigenvalue weighted by Crippen LogP contribution is -2.57. The molecule has 0 unspecified atom stereocenters. The van der Waals surface area contributed by atoms with Crippen molar-refractivity contribution in [3.05, 3.63) is 64.7 Å². The van der Waals surface area contributed by atoms with Crippen molar-refractivity contribution in [3.63, 3.8) is 0 Å². The van der Waals surface area contributed by atoms with Gasteiger partial charge in [0.1, 0.15) is 0 Å². The van der Waals surface area contributed by atoms with Crippen LogP contribution in [0.15, 0.2) is 48.5 Å². The van der Waals surface area contributed by atoms with E-state index >= 15 is 0 Å². The number of benzene rings is 2. The number of alkyl halides is 3. The minimum atomic E-state index is -5.14. The van der Waals surface area contributed by atoms with Gasteiger partial charge >= 0.3 is 6.18 Å². The molecule has 0 spiro atoms. The van der Waals surface area contributed by atoms with Crippen molar-refractivity contribution in [1.82, 2.24) is 9.80 Å². The summed E-state index contributed by atoms with van der Waals surface area (Å²) in [6.45, 7) is 1.98. The fourth-order valence-corrected chi connectivity index (χ4v) is 6.11. The molecule has 0 saturated carbocycles. The summed E-state index contributed by atoms with van der Waals surface area (Å²) in [5.74, 6) is -0.910. The van der Waals surface area contributed by atoms with Gasteiger partial charge in [-0.3, -0.25) is 9.59 Å². The summed E-state index contributed by atoms with van der Waals surface area (Å²) in [4.78, 5) is 30.3. The lowest BCUT2D eigenvalue weighted by atomic mass is 9.78. The summed E-state index contributed by atoms with van der Waals surface area (Å²) in [7, 11) is 1.60. The number of likely N-dealkylation sites (N-methyl/N-ethyl adjacent to an activating group) is 1. The van der Waals surface area contributed by atoms with Gasteiger partial charge in [-0.25, -0.2) is 0 Å². The highest BCUT2D eigenvalue weighted by atomic mass is 35.5. The Kier molecular flexibility index (Phi) is 9.32. The second-order valence-electron chi connectivity index (χ2n) is 10.6. The molecule has 40 heavy (non-hydrogen) atoms. The third-order valence-electron chi connectivity index (χ3n) is 8.27. The van der Waals surface area contributed by atoms with Crippen molar-refractivity contribution in [2.45, 2.75) is 37.5 Å². The van der Waals surface area contributed by atoms with Crippen LogP contribution < -0.4 is 4.90 Å². The molecule has 2 fully saturated rings. The quantitative estimate of drug-likeness (QED) is 0.509. The zero-order valence-corrected chi connectivity index (χ0v) is 23.2. The van der Waals surface area contributed by atoms with Gasteiger partial charge in [0.25, 0.3) is 17.4 Å². The lowest BCUT2D eigenvalue weighted by Gasteiger charge is -2.42. The number of carbonyl (C=O) groups is 2. The Bertz CT molecular complexity index is 1180. The number of piperidine rings is 2. The number of hydrogen-bond acceptors (Lipinski definition) is 5. The maximum Gasteiger partial charge on any atom is 0.430 e. The van der Waals surface area contributed by atoms with Gasteiger partial charge in [0, 0.05) is 51.0 Å². The number of aliphatic hydroxyl groups is 2. The highest BCUT2D eigenvalue weighted by Crippen LogP contribution is 2.42. The van der Waals surface area contributed by atoms with E-state index in [0.717, 1.165) is 48.7 Å². The summed E-state index contributed by atoms with van der Waals surface area (Å²) in [5.41, 5.74) is -2.75. The molecular weight excluding hydrogens is 547 g/mol. The number of anilines is 1. The molecular formula is C29H35ClF3N3O4. The van der Waals surface area contributed by atoms with Crippen LogP contribution in [0.3, 0.4) is 0 Å². The molecule has 2 saturated heterocycles. The molecule has 0 bridgehead atoms. The van der Waals surface area contributed by atoms with Gasteiger partial charge in [-0.1, -0.05) is 41.9 Å². The molecule has 0 aromatic heterocycles. The van der Waals surface area contributed by atoms with Crippen molar-refractivity contribution in [2.24, 2.45) is 11.8 Å². The Morgan fingerprint density at radius 1 is 0.975 bits per heavy atom. The molecule has 2 aromatic rings. The van der Waals surface area contributed by atoms with Crippen LogP contribution in [-0.4, -0.2) is 84.4 Å². The smallest absolute Gasteiger partial charge is 0.395 e. The maximum absolute atomic E-state index is 14.0. The Labute approximate surface area is 237 Å². The largest absolute Gasteiger partial charge is 0.430 e. The Hall–Kier alpha value is -2.82. The van der Waals surface area contributed by atoms with Crippen LogP contribution >= 0.6 is 11.6 Å². The minimum absolute atomic E-state index is 0.133. The average molecular weight is 582 g/mol. The fraction of sp³-hybridized carbons (Fsp3) is 0.517. The topological polar surface area (TPSA) is 84.3 Å². The van der Waals surface area contributed by atoms with Crippen molar-refractivity contribution in [1.29, 1.82) is 0 Å². The van der Waals surface area contributed by atoms with Crippen LogP contribution in [-0.2, 0) is 10.4 Å². The van der Waals surface area contributed by atoms with Crippen LogP contribution in [0, 0.1) is 11.8 Å². The van der Waals surface area contributed by atoms with E-state index in [1.54, 1.807) is 19.2 Å². The van der Waals surface area contributed by atoms with Gasteiger partial charge in [-0.05, 0) is 55.7 Å². The highest BCUT2D eigenvalue weighted by molar-refractivity contribution is 6.34. The second kappa shape index (κ2) is 12.4. The number of rotatable bonds is 7. The van der Waals surface area contributed by atoms with Crippen LogP contribution in [0.2, 0.25) is 5.02 Å². The Morgan fingerprint density at radius 3 is 2.08 bits per heavy atom. The van der Waals surface area contributed by atoms with Crippen molar-refractivity contribution in [2.75, 3.05) is 51.3 Å². The number of halogens is 4. The first-order valence-corrected chi connectivity index (χ1v) is 13.9. The number of amides is 2. The Balaban J connectivity index is 1.33. The van der Waals surface area contributed by atoms with E-state index in [1.807, 2.05) is 6.07 Å². The molecule has 2 aliphatic rings. The summed E-state index contributed by atoms with van der Waals surface area (Å²) in [5, 5.41) is 20.1. The first-order chi connectivity index (χ1) is 19.0. The molecule has 7 nitrogen and oxygen atoms in total. The monoisotopic (exact) mass is 581 g/mol. The molecule has 2 amide bonds. The zero-order chi connectivity index (χ0) is 29.1. The maximum atomic E-state index is 14.0. The first kappa shape index (κ1) is 30.1. The van der Waals surface area contributed by atoms with E-state index in [-0.39, 0.29) is 38.1 Å². The average Bonchev–Trinajstić information content (AvgIpc) is 2.96. The van der Waals surface area contributed by atoms with E-state index in [2.05, 4.69) is 4.90 Å². The van der Waals surface area contributed by atoms with E-state index in [0.29, 0.717) is 29.3 Å². The molecule has 218 valence electrons. The second-order valence-corrected chi connectivity index (χ2v) is 11.0. The van der Waals surface area contributed by atoms with Crippen LogP contribution in [0.4, 0.5) is 18.9 Å². The van der Waals surface area contributed by atoms with E-state index < -0.39 is 23.2 Å². The summed E-state index contributed by atoms with van der Waals surface area (Å²) >= 11 is 6.42. The predicted octanol–water partition coefficient (Wildman–Crippen LogP) is 4.31. The van der Waals surface area contributed by atoms with Crippen molar-refractivity contribution in [3.8, 4) is 0 Å². The normalized spacial score (nSPS) is 18.9. The van der Waals surface area contributed by atoms with Gasteiger partial charge in [0.15, 0.2) is 0 Å². The molecule has 2 aliphatic heterocycles. The van der Waals surface area contributed by atoms with Gasteiger partial charge in [-0.15, -0.1) is 0 Å². The molecule has 2 N–H and O–H groups in total. The van der Waals surface area contributed by atoms with Gasteiger partial charge in [0.05, 0.1) is 17.2 Å². The fourth-order valence-electron chi connectivity index (χ4n) is 5.85. The number of nitrogens with zero attached hydrogens (tertiary/aromatic N) is 3. The van der Waals surface area contributed by atoms with Crippen molar-refractivity contribution >= 4 is 29.1 Å². The van der Waals surface area contributed by atoms with E-state index in [1.165, 1.54) is 23.1 Å². The lowest BCUT2D eigenvalue weighted by molar-refractivity contribution is -0.262. The summed E-state index contributed by atoms with van der Waals surface area (Å²) in [6, 6.07) is 11.9. The molecule has 2 aromatic carbocycles. The van der Waals surface area contributed by atoms with E-state index in [4.69, 9.17) is 16.7 Å². The van der Waals surface area contributed by atoms with Gasteiger partial charge in [-0.2, -0.15) is 13.2 Å². The number of likely N-dealkylation sites (tertiary alicyclic amines) is 1. The molecule has 11 heteroatoms. The molecule has 1 atom stereocenters. The number of aliphatic hydroxyl groups excluding tert-OH is 1. The van der Waals surface area contributed by atoms with Crippen LogP contribution in [0.1, 0.15) is 41.6 Å². The number of carbonyl (C=O) groups excluding carboxylic acids is 2. The number of hydrogen-bond donors (Lipinski definition) is 2. The third kappa shape index (κ3) is 6.09. The molecule has 4 rings (SSSR count). The van der Waals surface area contributed by atoms with Crippen LogP contribution in [0.5, 0.6) is 0 Å². The SMILES string of the molecule is CN(CCO)C(=O)c1ccc(N2CCC(C3CCN(C(=O)[C@](O)(c4ccccc4)C(F)(F)F)CC3)CC2)cc1Cl. The van der Waals surface area contributed by atoms with Gasteiger partial charge < -0.3 is 24.9 Å². The van der Waals surface area contributed by atoms with Gasteiger partial charge in [0.2, 0.25) is 0 Å². The Morgan fingerprint density at radius 2 is 1.55 bits per heavy atom. The molecule has 0 aliphatic carbocycles. The highest BCUT2D eigenvalue weighted by Gasteiger charge is 2.62. The first-order valence-electron chi connectivity index (χ1n) is 13.5. The summed E-state index contributed by atoms with van der Waals surface area (Å²) in [6.07, 6.45) is -2.18. The molecule has 0 radical (unpaired) electrons. The summed E-state index contributed by atoms with van der Waals surface area (Å²) < 4.78 is 41.9.